The van der Waals surface area contributed by atoms with Crippen molar-refractivity contribution in [1.82, 2.24) is 15.1 Å². The number of carbonyl (C=O) groups is 1. The van der Waals surface area contributed by atoms with Crippen LogP contribution in [0.2, 0.25) is 0 Å². The summed E-state index contributed by atoms with van der Waals surface area (Å²) in [5.74, 6) is 0.654. The Morgan fingerprint density at radius 2 is 1.96 bits per heavy atom. The Labute approximate surface area is 140 Å². The zero-order chi connectivity index (χ0) is 16.9. The maximum absolute atomic E-state index is 12.9. The molecular weight excluding hydrogens is 306 g/mol. The number of carbonyl (C=O) groups excluding carboxylic acids is 1. The highest BCUT2D eigenvalue weighted by Gasteiger charge is 2.28. The lowest BCUT2D eigenvalue weighted by atomic mass is 10.0. The van der Waals surface area contributed by atoms with Crippen LogP contribution in [0.3, 0.4) is 0 Å². The Balaban J connectivity index is 1.90. The van der Waals surface area contributed by atoms with Crippen molar-refractivity contribution in [3.63, 3.8) is 0 Å². The van der Waals surface area contributed by atoms with Gasteiger partial charge in [0.25, 0.3) is 11.5 Å². The van der Waals surface area contributed by atoms with E-state index in [2.05, 4.69) is 10.2 Å². The molecule has 2 aromatic rings. The van der Waals surface area contributed by atoms with Crippen LogP contribution in [-0.2, 0) is 0 Å². The maximum atomic E-state index is 12.9. The van der Waals surface area contributed by atoms with E-state index >= 15 is 0 Å². The average molecular weight is 327 g/mol. The van der Waals surface area contributed by atoms with E-state index in [1.807, 2.05) is 29.2 Å². The average Bonchev–Trinajstić information content (AvgIpc) is 2.88. The Morgan fingerprint density at radius 1 is 1.17 bits per heavy atom. The molecule has 1 N–H and O–H groups in total. The fourth-order valence-corrected chi connectivity index (χ4v) is 3.13. The second kappa shape index (κ2) is 7.29. The second-order valence-electron chi connectivity index (χ2n) is 5.94. The van der Waals surface area contributed by atoms with Crippen LogP contribution in [0.15, 0.2) is 41.2 Å². The van der Waals surface area contributed by atoms with Crippen molar-refractivity contribution >= 4 is 5.91 Å². The van der Waals surface area contributed by atoms with Gasteiger partial charge in [-0.3, -0.25) is 9.59 Å². The van der Waals surface area contributed by atoms with Gasteiger partial charge in [0.05, 0.1) is 13.2 Å². The van der Waals surface area contributed by atoms with Crippen molar-refractivity contribution in [3.05, 3.63) is 58.0 Å². The summed E-state index contributed by atoms with van der Waals surface area (Å²) < 4.78 is 5.21. The summed E-state index contributed by atoms with van der Waals surface area (Å²) in [5.41, 5.74) is 1.06. The number of rotatable bonds is 3. The van der Waals surface area contributed by atoms with Gasteiger partial charge in [0, 0.05) is 12.6 Å². The van der Waals surface area contributed by atoms with E-state index in [0.717, 1.165) is 37.0 Å². The Bertz CT molecular complexity index is 734. The molecule has 126 valence electrons. The molecule has 1 aliphatic rings. The minimum Gasteiger partial charge on any atom is -0.497 e. The first-order valence-corrected chi connectivity index (χ1v) is 8.19. The SMILES string of the molecule is COc1ccc(C2CCCCCN2C(=O)c2ccc(=O)[nH]n2)cc1. The molecule has 0 radical (unpaired) electrons. The first-order chi connectivity index (χ1) is 11.7. The van der Waals surface area contributed by atoms with E-state index in [-0.39, 0.29) is 23.2 Å². The van der Waals surface area contributed by atoms with Crippen LogP contribution >= 0.6 is 0 Å². The number of benzene rings is 1. The van der Waals surface area contributed by atoms with E-state index in [0.29, 0.717) is 6.54 Å². The maximum Gasteiger partial charge on any atom is 0.274 e. The van der Waals surface area contributed by atoms with Crippen LogP contribution in [0.4, 0.5) is 0 Å². The third-order valence-electron chi connectivity index (χ3n) is 4.41. The van der Waals surface area contributed by atoms with E-state index in [4.69, 9.17) is 4.74 Å². The van der Waals surface area contributed by atoms with Crippen LogP contribution in [-0.4, -0.2) is 34.7 Å². The van der Waals surface area contributed by atoms with E-state index in [1.54, 1.807) is 7.11 Å². The summed E-state index contributed by atoms with van der Waals surface area (Å²) in [7, 11) is 1.64. The third kappa shape index (κ3) is 3.48. The summed E-state index contributed by atoms with van der Waals surface area (Å²) in [4.78, 5) is 25.9. The highest BCUT2D eigenvalue weighted by molar-refractivity contribution is 5.92. The molecule has 6 nitrogen and oxygen atoms in total. The highest BCUT2D eigenvalue weighted by atomic mass is 16.5. The molecule has 0 bridgehead atoms. The Kier molecular flexibility index (Phi) is 4.93. The number of ether oxygens (including phenoxy) is 1. The summed E-state index contributed by atoms with van der Waals surface area (Å²) in [6, 6.07) is 10.7. The van der Waals surface area contributed by atoms with Gasteiger partial charge in [-0.25, -0.2) is 5.10 Å². The number of amides is 1. The summed E-state index contributed by atoms with van der Waals surface area (Å²) in [5, 5.41) is 6.23. The van der Waals surface area contributed by atoms with Gasteiger partial charge in [-0.1, -0.05) is 25.0 Å². The van der Waals surface area contributed by atoms with Gasteiger partial charge in [0.1, 0.15) is 11.4 Å². The molecule has 1 aromatic heterocycles. The van der Waals surface area contributed by atoms with Crippen molar-refractivity contribution in [2.75, 3.05) is 13.7 Å². The molecule has 0 aliphatic carbocycles. The predicted octanol–water partition coefficient (Wildman–Crippen LogP) is 2.54. The molecular formula is C18H21N3O3. The summed E-state index contributed by atoms with van der Waals surface area (Å²) in [6.45, 7) is 0.691. The molecule has 1 saturated heterocycles. The van der Waals surface area contributed by atoms with Gasteiger partial charge < -0.3 is 9.64 Å². The fraction of sp³-hybridized carbons (Fsp3) is 0.389. The van der Waals surface area contributed by atoms with Crippen LogP contribution in [0.25, 0.3) is 0 Å². The molecule has 1 aliphatic heterocycles. The van der Waals surface area contributed by atoms with Gasteiger partial charge in [0.2, 0.25) is 0 Å². The van der Waals surface area contributed by atoms with Crippen molar-refractivity contribution in [1.29, 1.82) is 0 Å². The molecule has 1 amide bonds. The van der Waals surface area contributed by atoms with E-state index in [9.17, 15) is 9.59 Å². The number of likely N-dealkylation sites (tertiary alicyclic amines) is 1. The molecule has 6 heteroatoms. The Morgan fingerprint density at radius 3 is 2.62 bits per heavy atom. The summed E-state index contributed by atoms with van der Waals surface area (Å²) in [6.07, 6.45) is 4.08. The molecule has 24 heavy (non-hydrogen) atoms. The quantitative estimate of drug-likeness (QED) is 0.940. The number of hydrogen-bond donors (Lipinski definition) is 1. The second-order valence-corrected chi connectivity index (χ2v) is 5.94. The molecule has 1 atom stereocenters. The largest absolute Gasteiger partial charge is 0.497 e. The van der Waals surface area contributed by atoms with Crippen LogP contribution in [0.1, 0.15) is 47.8 Å². The van der Waals surface area contributed by atoms with Gasteiger partial charge in [-0.05, 0) is 36.6 Å². The van der Waals surface area contributed by atoms with Crippen molar-refractivity contribution < 1.29 is 9.53 Å². The molecule has 2 heterocycles. The molecule has 0 spiro atoms. The number of methoxy groups -OCH3 is 1. The molecule has 1 unspecified atom stereocenters. The molecule has 1 fully saturated rings. The lowest BCUT2D eigenvalue weighted by molar-refractivity contribution is 0.0673. The predicted molar refractivity (Wildman–Crippen MR) is 90.1 cm³/mol. The topological polar surface area (TPSA) is 75.3 Å². The van der Waals surface area contributed by atoms with Crippen molar-refractivity contribution in [3.8, 4) is 5.75 Å². The first-order valence-electron chi connectivity index (χ1n) is 8.19. The first kappa shape index (κ1) is 16.2. The number of nitrogens with one attached hydrogen (secondary N) is 1. The summed E-state index contributed by atoms with van der Waals surface area (Å²) >= 11 is 0. The number of aromatic nitrogens is 2. The minimum atomic E-state index is -0.311. The monoisotopic (exact) mass is 327 g/mol. The van der Waals surface area contributed by atoms with Crippen LogP contribution in [0, 0.1) is 0 Å². The number of H-pyrrole nitrogens is 1. The van der Waals surface area contributed by atoms with Gasteiger partial charge >= 0.3 is 0 Å². The zero-order valence-electron chi connectivity index (χ0n) is 13.7. The number of nitrogens with zero attached hydrogens (tertiary/aromatic N) is 2. The highest BCUT2D eigenvalue weighted by Crippen LogP contribution is 2.32. The van der Waals surface area contributed by atoms with Crippen LogP contribution in [0.5, 0.6) is 5.75 Å². The zero-order valence-corrected chi connectivity index (χ0v) is 13.7. The molecule has 0 saturated carbocycles. The lowest BCUT2D eigenvalue weighted by Gasteiger charge is -2.30. The number of aromatic amines is 1. The number of hydrogen-bond acceptors (Lipinski definition) is 4. The van der Waals surface area contributed by atoms with E-state index < -0.39 is 0 Å². The minimum absolute atomic E-state index is 0.0136. The van der Waals surface area contributed by atoms with Crippen molar-refractivity contribution in [2.24, 2.45) is 0 Å². The third-order valence-corrected chi connectivity index (χ3v) is 4.41. The van der Waals surface area contributed by atoms with Gasteiger partial charge in [-0.2, -0.15) is 5.10 Å². The van der Waals surface area contributed by atoms with Crippen LogP contribution < -0.4 is 10.3 Å². The lowest BCUT2D eigenvalue weighted by Crippen LogP contribution is -2.35. The van der Waals surface area contributed by atoms with Gasteiger partial charge in [0.15, 0.2) is 0 Å². The normalized spacial score (nSPS) is 18.0. The smallest absolute Gasteiger partial charge is 0.274 e. The van der Waals surface area contributed by atoms with Crippen molar-refractivity contribution in [2.45, 2.75) is 31.7 Å². The molecule has 1 aromatic carbocycles. The van der Waals surface area contributed by atoms with E-state index in [1.165, 1.54) is 12.1 Å². The van der Waals surface area contributed by atoms with Gasteiger partial charge in [-0.15, -0.1) is 0 Å². The molecule has 3 rings (SSSR count). The standard InChI is InChI=1S/C18H21N3O3/c1-24-14-8-6-13(7-9-14)16-5-3-2-4-12-21(16)18(23)15-10-11-17(22)20-19-15/h6-11,16H,2-5,12H2,1H3,(H,20,22). The Hall–Kier alpha value is -2.63. The fourth-order valence-electron chi connectivity index (χ4n) is 3.13.